The van der Waals surface area contributed by atoms with Gasteiger partial charge in [-0.2, -0.15) is 0 Å². The van der Waals surface area contributed by atoms with Crippen LogP contribution >= 0.6 is 0 Å². The maximum atomic E-state index is 2.68. The van der Waals surface area contributed by atoms with Gasteiger partial charge < -0.3 is 0 Å². The van der Waals surface area contributed by atoms with Crippen molar-refractivity contribution in [2.75, 3.05) is 0 Å². The molecule has 0 amide bonds. The normalized spacial score (nSPS) is 39.4. The lowest BCUT2D eigenvalue weighted by atomic mass is 9.70. The molecule has 0 aliphatic heterocycles. The Morgan fingerprint density at radius 2 is 1.17 bits per heavy atom. The first kappa shape index (κ1) is 15.7. The van der Waals surface area contributed by atoms with Crippen molar-refractivity contribution in [2.24, 2.45) is 34.5 Å². The Morgan fingerprint density at radius 1 is 0.783 bits per heavy atom. The molecule has 0 fully saturated rings. The number of allylic oxidation sites excluding steroid dienone is 8. The predicted octanol–water partition coefficient (Wildman–Crippen LogP) is 6.09. The summed E-state index contributed by atoms with van der Waals surface area (Å²) in [6.45, 7) is 15.2. The average molecular weight is 325 g/mol. The van der Waals surface area contributed by atoms with Gasteiger partial charge in [0.1, 0.15) is 8.07 Å². The van der Waals surface area contributed by atoms with Crippen molar-refractivity contribution in [1.82, 2.24) is 0 Å². The van der Waals surface area contributed by atoms with E-state index < -0.39 is 8.07 Å². The number of fused-ring (bicyclic) bond motifs is 4. The van der Waals surface area contributed by atoms with E-state index in [0.717, 1.165) is 11.8 Å². The molecule has 0 saturated carbocycles. The van der Waals surface area contributed by atoms with E-state index in [1.807, 2.05) is 10.4 Å². The molecule has 0 saturated heterocycles. The van der Waals surface area contributed by atoms with Gasteiger partial charge in [0.25, 0.3) is 0 Å². The summed E-state index contributed by atoms with van der Waals surface area (Å²) >= 11 is 0. The molecule has 0 radical (unpaired) electrons. The van der Waals surface area contributed by atoms with Crippen molar-refractivity contribution in [3.63, 3.8) is 0 Å². The third-order valence-corrected chi connectivity index (χ3v) is 11.8. The lowest BCUT2D eigenvalue weighted by Crippen LogP contribution is -2.42. The van der Waals surface area contributed by atoms with Crippen LogP contribution in [0.1, 0.15) is 40.5 Å². The predicted molar refractivity (Wildman–Crippen MR) is 103 cm³/mol. The zero-order valence-corrected chi connectivity index (χ0v) is 16.7. The van der Waals surface area contributed by atoms with Gasteiger partial charge in [-0.25, -0.2) is 0 Å². The minimum atomic E-state index is -1.54. The van der Waals surface area contributed by atoms with E-state index in [-0.39, 0.29) is 0 Å². The molecule has 0 spiro atoms. The Kier molecular flexibility index (Phi) is 3.15. The summed E-state index contributed by atoms with van der Waals surface area (Å²) in [6.07, 6.45) is 17.7. The highest BCUT2D eigenvalue weighted by atomic mass is 28.3. The molecule has 4 rings (SSSR count). The summed E-state index contributed by atoms with van der Waals surface area (Å²) < 4.78 is 0. The van der Waals surface area contributed by atoms with E-state index in [0.29, 0.717) is 22.7 Å². The molecule has 1 heteroatoms. The monoisotopic (exact) mass is 324 g/mol. The first-order valence-corrected chi connectivity index (χ1v) is 12.4. The molecule has 0 aromatic rings. The van der Waals surface area contributed by atoms with Crippen LogP contribution in [0.4, 0.5) is 0 Å². The first-order chi connectivity index (χ1) is 10.7. The lowest BCUT2D eigenvalue weighted by Gasteiger charge is -2.42. The second-order valence-corrected chi connectivity index (χ2v) is 14.4. The number of hydrogen-bond donors (Lipinski definition) is 0. The summed E-state index contributed by atoms with van der Waals surface area (Å²) in [5.41, 5.74) is 0.854. The fourth-order valence-electron chi connectivity index (χ4n) is 5.96. The van der Waals surface area contributed by atoms with Crippen molar-refractivity contribution < 1.29 is 0 Å². The van der Waals surface area contributed by atoms with Crippen LogP contribution in [0.2, 0.25) is 13.1 Å². The number of hydrogen-bond acceptors (Lipinski definition) is 0. The zero-order valence-electron chi connectivity index (χ0n) is 15.7. The first-order valence-electron chi connectivity index (χ1n) is 9.44. The highest BCUT2D eigenvalue weighted by molar-refractivity contribution is 6.91. The molecule has 0 N–H and O–H groups in total. The van der Waals surface area contributed by atoms with Gasteiger partial charge in [-0.15, -0.1) is 0 Å². The Balaban J connectivity index is 1.74. The Hall–Kier alpha value is -0.823. The molecule has 0 aromatic carbocycles. The third-order valence-electron chi connectivity index (χ3n) is 7.86. The maximum absolute atomic E-state index is 2.68. The fraction of sp³-hybridized carbons (Fsp3) is 0.636. The van der Waals surface area contributed by atoms with E-state index in [1.165, 1.54) is 12.8 Å². The molecule has 23 heavy (non-hydrogen) atoms. The van der Waals surface area contributed by atoms with Crippen molar-refractivity contribution >= 4 is 8.07 Å². The van der Waals surface area contributed by atoms with Gasteiger partial charge in [0.05, 0.1) is 0 Å². The molecule has 4 aliphatic carbocycles. The van der Waals surface area contributed by atoms with E-state index in [4.69, 9.17) is 0 Å². The summed E-state index contributed by atoms with van der Waals surface area (Å²) in [6, 6.07) is 0. The molecular formula is C22H32Si. The molecule has 4 atom stereocenters. The number of rotatable bonds is 2. The largest absolute Gasteiger partial charge is 0.102 e. The van der Waals surface area contributed by atoms with E-state index in [1.54, 1.807) is 0 Å². The van der Waals surface area contributed by atoms with Gasteiger partial charge in [-0.1, -0.05) is 87.6 Å². The molecule has 0 aromatic heterocycles. The molecule has 4 unspecified atom stereocenters. The molecule has 0 nitrogen and oxygen atoms in total. The van der Waals surface area contributed by atoms with Crippen LogP contribution in [-0.2, 0) is 0 Å². The van der Waals surface area contributed by atoms with Crippen LogP contribution in [0.15, 0.2) is 46.8 Å². The molecule has 4 bridgehead atoms. The third kappa shape index (κ3) is 1.95. The van der Waals surface area contributed by atoms with E-state index in [9.17, 15) is 0 Å². The lowest BCUT2D eigenvalue weighted by molar-refractivity contribution is 0.219. The molecule has 4 aliphatic rings. The molecule has 0 heterocycles. The summed E-state index contributed by atoms with van der Waals surface area (Å²) in [4.78, 5) is 0. The zero-order chi connectivity index (χ0) is 16.6. The van der Waals surface area contributed by atoms with Gasteiger partial charge in [0.15, 0.2) is 0 Å². The average Bonchev–Trinajstić information content (AvgIpc) is 2.77. The maximum Gasteiger partial charge on any atom is 0.102 e. The van der Waals surface area contributed by atoms with Crippen LogP contribution in [0, 0.1) is 34.5 Å². The standard InChI is InChI=1S/C22H32Si/c1-21(2)15-9-7-11-17(21)19(13-15)23(5,6)20-14-16-10-8-12-18(20)22(16,3)4/h7-10,13-18H,11-12H2,1-6H3. The quantitative estimate of drug-likeness (QED) is 0.426. The highest BCUT2D eigenvalue weighted by Gasteiger charge is 2.54. The fourth-order valence-corrected chi connectivity index (χ4v) is 10.2. The van der Waals surface area contributed by atoms with Crippen LogP contribution < -0.4 is 0 Å². The van der Waals surface area contributed by atoms with Crippen LogP contribution in [-0.4, -0.2) is 8.07 Å². The summed E-state index contributed by atoms with van der Waals surface area (Å²) in [7, 11) is -1.54. The second kappa shape index (κ2) is 4.62. The Morgan fingerprint density at radius 3 is 1.52 bits per heavy atom. The van der Waals surface area contributed by atoms with Crippen LogP contribution in [0.5, 0.6) is 0 Å². The van der Waals surface area contributed by atoms with Crippen molar-refractivity contribution in [1.29, 1.82) is 0 Å². The summed E-state index contributed by atoms with van der Waals surface area (Å²) in [5.74, 6) is 2.87. The summed E-state index contributed by atoms with van der Waals surface area (Å²) in [5, 5.41) is 3.71. The van der Waals surface area contributed by atoms with Crippen molar-refractivity contribution in [3.8, 4) is 0 Å². The van der Waals surface area contributed by atoms with Crippen LogP contribution in [0.25, 0.3) is 0 Å². The van der Waals surface area contributed by atoms with Crippen molar-refractivity contribution in [2.45, 2.75) is 53.6 Å². The molecule has 124 valence electrons. The van der Waals surface area contributed by atoms with Crippen LogP contribution in [0.3, 0.4) is 0 Å². The molecular weight excluding hydrogens is 292 g/mol. The van der Waals surface area contributed by atoms with Gasteiger partial charge in [-0.05, 0) is 35.5 Å². The highest BCUT2D eigenvalue weighted by Crippen LogP contribution is 2.59. The Bertz CT molecular complexity index is 597. The minimum absolute atomic E-state index is 0.427. The second-order valence-electron chi connectivity index (χ2n) is 10.00. The van der Waals surface area contributed by atoms with Crippen molar-refractivity contribution in [3.05, 3.63) is 46.8 Å². The van der Waals surface area contributed by atoms with E-state index >= 15 is 0 Å². The van der Waals surface area contributed by atoms with Gasteiger partial charge in [-0.3, -0.25) is 0 Å². The van der Waals surface area contributed by atoms with Gasteiger partial charge in [0.2, 0.25) is 0 Å². The van der Waals surface area contributed by atoms with Gasteiger partial charge in [0, 0.05) is 11.8 Å². The van der Waals surface area contributed by atoms with E-state index in [2.05, 4.69) is 77.2 Å². The Labute approximate surface area is 143 Å². The minimum Gasteiger partial charge on any atom is -0.0873 e. The SMILES string of the molecule is CC1(C)C2C=CCC1C([Si](C)(C)C1=CC3C=CCC1C3(C)C)=C2. The topological polar surface area (TPSA) is 0 Å². The van der Waals surface area contributed by atoms with Gasteiger partial charge >= 0.3 is 0 Å². The smallest absolute Gasteiger partial charge is 0.0873 e.